The Kier molecular flexibility index (Phi) is 6.13. The molecular formula is C24H30N4O3. The Morgan fingerprint density at radius 3 is 2.35 bits per heavy atom. The Bertz CT molecular complexity index is 1210. The van der Waals surface area contributed by atoms with Gasteiger partial charge in [-0.2, -0.15) is 0 Å². The number of nitrogens with one attached hydrogen (secondary N) is 1. The van der Waals surface area contributed by atoms with E-state index in [0.717, 1.165) is 42.9 Å². The van der Waals surface area contributed by atoms with Crippen molar-refractivity contribution in [2.45, 2.75) is 45.9 Å². The van der Waals surface area contributed by atoms with E-state index in [2.05, 4.69) is 5.32 Å². The zero-order valence-corrected chi connectivity index (χ0v) is 18.4. The third kappa shape index (κ3) is 4.10. The van der Waals surface area contributed by atoms with Crippen molar-refractivity contribution in [1.82, 2.24) is 19.0 Å². The first kappa shape index (κ1) is 21.2. The third-order valence-corrected chi connectivity index (χ3v) is 6.00. The minimum absolute atomic E-state index is 0.242. The Balaban J connectivity index is 1.61. The molecule has 3 aromatic rings. The summed E-state index contributed by atoms with van der Waals surface area (Å²) in [5, 5.41) is 3.35. The lowest BCUT2D eigenvalue weighted by Gasteiger charge is -2.23. The van der Waals surface area contributed by atoms with Gasteiger partial charge in [0.05, 0.1) is 5.52 Å². The second kappa shape index (κ2) is 8.98. The van der Waals surface area contributed by atoms with Crippen LogP contribution in [0.2, 0.25) is 0 Å². The summed E-state index contributed by atoms with van der Waals surface area (Å²) in [6, 6.07) is 9.96. The van der Waals surface area contributed by atoms with E-state index in [9.17, 15) is 9.59 Å². The molecule has 0 aliphatic carbocycles. The quantitative estimate of drug-likeness (QED) is 0.663. The summed E-state index contributed by atoms with van der Waals surface area (Å²) in [5.41, 5.74) is 2.64. The van der Waals surface area contributed by atoms with Gasteiger partial charge in [0.25, 0.3) is 5.56 Å². The first-order valence-electron chi connectivity index (χ1n) is 11.0. The number of hydrogen-bond acceptors (Lipinski definition) is 4. The molecule has 7 nitrogen and oxygen atoms in total. The van der Waals surface area contributed by atoms with E-state index >= 15 is 0 Å². The molecule has 0 spiro atoms. The van der Waals surface area contributed by atoms with Gasteiger partial charge < -0.3 is 14.6 Å². The van der Waals surface area contributed by atoms with Gasteiger partial charge in [-0.15, -0.1) is 0 Å². The second-order valence-electron chi connectivity index (χ2n) is 7.91. The molecule has 0 saturated carbocycles. The number of aryl methyl sites for hydroxylation is 2. The summed E-state index contributed by atoms with van der Waals surface area (Å²) in [7, 11) is 1.86. The van der Waals surface area contributed by atoms with E-state index in [1.54, 1.807) is 4.57 Å². The van der Waals surface area contributed by atoms with Gasteiger partial charge in [0, 0.05) is 25.8 Å². The molecule has 1 fully saturated rings. The number of hydrogen-bond donors (Lipinski definition) is 1. The number of nitrogens with zero attached hydrogens (tertiary/aromatic N) is 3. The van der Waals surface area contributed by atoms with Crippen LogP contribution < -0.4 is 21.3 Å². The Labute approximate surface area is 181 Å². The van der Waals surface area contributed by atoms with Crippen molar-refractivity contribution in [3.8, 4) is 5.75 Å². The molecule has 1 N–H and O–H groups in total. The summed E-state index contributed by atoms with van der Waals surface area (Å²) in [6.07, 6.45) is 6.33. The molecule has 4 rings (SSSR count). The highest BCUT2D eigenvalue weighted by Gasteiger charge is 2.16. The molecule has 0 radical (unpaired) electrons. The maximum Gasteiger partial charge on any atom is 0.331 e. The lowest BCUT2D eigenvalue weighted by molar-refractivity contribution is 0.162. The van der Waals surface area contributed by atoms with Crippen molar-refractivity contribution in [2.75, 3.05) is 13.1 Å². The van der Waals surface area contributed by atoms with E-state index in [-0.39, 0.29) is 17.4 Å². The van der Waals surface area contributed by atoms with Gasteiger partial charge in [-0.05, 0) is 69.6 Å². The Morgan fingerprint density at radius 2 is 1.71 bits per heavy atom. The number of aromatic nitrogens is 3. The fraction of sp³-hybridized carbons (Fsp3) is 0.417. The highest BCUT2D eigenvalue weighted by atomic mass is 16.5. The minimum Gasteiger partial charge on any atom is -0.490 e. The van der Waals surface area contributed by atoms with Crippen LogP contribution >= 0.6 is 0 Å². The predicted molar refractivity (Wildman–Crippen MR) is 125 cm³/mol. The molecule has 0 atom stereocenters. The van der Waals surface area contributed by atoms with Gasteiger partial charge in [-0.25, -0.2) is 4.79 Å². The van der Waals surface area contributed by atoms with Crippen molar-refractivity contribution in [2.24, 2.45) is 7.05 Å². The normalized spacial score (nSPS) is 15.2. The van der Waals surface area contributed by atoms with Crippen LogP contribution in [0.4, 0.5) is 0 Å². The van der Waals surface area contributed by atoms with Gasteiger partial charge in [0.1, 0.15) is 17.4 Å². The smallest absolute Gasteiger partial charge is 0.331 e. The molecule has 2 aromatic heterocycles. The molecule has 0 unspecified atom stereocenters. The molecule has 0 bridgehead atoms. The SMILES string of the molecule is CCn1c(=O)c2c(cc(/C=C/c3ccc(OC4CCNCC4)cc3)n2C)n(CC)c1=O. The average molecular weight is 423 g/mol. The van der Waals surface area contributed by atoms with Crippen molar-refractivity contribution in [3.63, 3.8) is 0 Å². The number of ether oxygens (including phenoxy) is 1. The van der Waals surface area contributed by atoms with Crippen molar-refractivity contribution in [3.05, 3.63) is 62.4 Å². The first-order chi connectivity index (χ1) is 15.0. The van der Waals surface area contributed by atoms with Gasteiger partial charge in [-0.3, -0.25) is 13.9 Å². The van der Waals surface area contributed by atoms with E-state index < -0.39 is 0 Å². The van der Waals surface area contributed by atoms with Crippen LogP contribution in [0.1, 0.15) is 37.9 Å². The standard InChI is InChI=1S/C24H30N4O3/c1-4-27-21-16-18(26(3)22(21)23(29)28(5-2)24(27)30)9-6-17-7-10-19(11-8-17)31-20-12-14-25-15-13-20/h6-11,16,20,25H,4-5,12-15H2,1-3H3/b9-6+. The molecule has 164 valence electrons. The van der Waals surface area contributed by atoms with Gasteiger partial charge in [0.2, 0.25) is 0 Å². The van der Waals surface area contributed by atoms with Gasteiger partial charge in [-0.1, -0.05) is 18.2 Å². The molecule has 1 aliphatic heterocycles. The molecule has 7 heteroatoms. The molecule has 31 heavy (non-hydrogen) atoms. The zero-order valence-electron chi connectivity index (χ0n) is 18.4. The van der Waals surface area contributed by atoms with Crippen molar-refractivity contribution >= 4 is 23.2 Å². The summed E-state index contributed by atoms with van der Waals surface area (Å²) in [6.45, 7) is 6.62. The van der Waals surface area contributed by atoms with E-state index in [1.807, 2.05) is 67.9 Å². The Morgan fingerprint density at radius 1 is 1.03 bits per heavy atom. The van der Waals surface area contributed by atoms with Crippen molar-refractivity contribution in [1.29, 1.82) is 0 Å². The lowest BCUT2D eigenvalue weighted by Crippen LogP contribution is -2.39. The van der Waals surface area contributed by atoms with Crippen LogP contribution in [0.5, 0.6) is 5.75 Å². The number of rotatable bonds is 6. The molecule has 0 amide bonds. The molecule has 3 heterocycles. The zero-order chi connectivity index (χ0) is 22.0. The summed E-state index contributed by atoms with van der Waals surface area (Å²) < 4.78 is 10.9. The number of fused-ring (bicyclic) bond motifs is 1. The van der Waals surface area contributed by atoms with Gasteiger partial charge >= 0.3 is 5.69 Å². The number of benzene rings is 1. The topological polar surface area (TPSA) is 70.2 Å². The fourth-order valence-corrected chi connectivity index (χ4v) is 4.22. The lowest BCUT2D eigenvalue weighted by atomic mass is 10.1. The molecular weight excluding hydrogens is 392 g/mol. The number of piperidine rings is 1. The minimum atomic E-state index is -0.257. The second-order valence-corrected chi connectivity index (χ2v) is 7.91. The summed E-state index contributed by atoms with van der Waals surface area (Å²) in [5.74, 6) is 0.890. The van der Waals surface area contributed by atoms with Crippen LogP contribution in [0.25, 0.3) is 23.2 Å². The maximum absolute atomic E-state index is 12.8. The highest BCUT2D eigenvalue weighted by molar-refractivity contribution is 5.82. The molecule has 1 aromatic carbocycles. The van der Waals surface area contributed by atoms with Crippen LogP contribution in [0, 0.1) is 0 Å². The largest absolute Gasteiger partial charge is 0.490 e. The molecule has 1 aliphatic rings. The van der Waals surface area contributed by atoms with Gasteiger partial charge in [0.15, 0.2) is 0 Å². The monoisotopic (exact) mass is 422 g/mol. The predicted octanol–water partition coefficient (Wildman–Crippen LogP) is 2.84. The fourth-order valence-electron chi connectivity index (χ4n) is 4.22. The third-order valence-electron chi connectivity index (χ3n) is 6.00. The van der Waals surface area contributed by atoms with Crippen LogP contribution in [0.3, 0.4) is 0 Å². The molecule has 1 saturated heterocycles. The first-order valence-corrected chi connectivity index (χ1v) is 11.0. The Hall–Kier alpha value is -3.06. The van der Waals surface area contributed by atoms with Crippen LogP contribution in [-0.4, -0.2) is 32.9 Å². The summed E-state index contributed by atoms with van der Waals surface area (Å²) in [4.78, 5) is 25.5. The highest BCUT2D eigenvalue weighted by Crippen LogP contribution is 2.20. The average Bonchev–Trinajstić information content (AvgIpc) is 3.11. The van der Waals surface area contributed by atoms with E-state index in [4.69, 9.17) is 4.74 Å². The van der Waals surface area contributed by atoms with E-state index in [1.165, 1.54) is 4.57 Å². The van der Waals surface area contributed by atoms with E-state index in [0.29, 0.717) is 24.1 Å². The van der Waals surface area contributed by atoms with Crippen LogP contribution in [-0.2, 0) is 20.1 Å². The van der Waals surface area contributed by atoms with Crippen LogP contribution in [0.15, 0.2) is 39.9 Å². The summed E-state index contributed by atoms with van der Waals surface area (Å²) >= 11 is 0. The van der Waals surface area contributed by atoms with Crippen molar-refractivity contribution < 1.29 is 4.74 Å². The maximum atomic E-state index is 12.8.